The zero-order valence-electron chi connectivity index (χ0n) is 12.8. The van der Waals surface area contributed by atoms with Gasteiger partial charge in [0.2, 0.25) is 0 Å². The second-order valence-electron chi connectivity index (χ2n) is 5.12. The molecule has 1 fully saturated rings. The van der Waals surface area contributed by atoms with Crippen LogP contribution >= 0.6 is 0 Å². The molecule has 1 aromatic carbocycles. The van der Waals surface area contributed by atoms with Gasteiger partial charge in [-0.1, -0.05) is 6.07 Å². The second kappa shape index (κ2) is 7.31. The molecule has 1 aliphatic carbocycles. The number of hydrogen-bond acceptors (Lipinski definition) is 4. The molecule has 5 heteroatoms. The average molecular weight is 292 g/mol. The Bertz CT molecular complexity index is 486. The first-order valence-electron chi connectivity index (χ1n) is 7.57. The van der Waals surface area contributed by atoms with E-state index in [1.54, 1.807) is 0 Å². The van der Waals surface area contributed by atoms with Crippen molar-refractivity contribution in [2.45, 2.75) is 39.3 Å². The highest BCUT2D eigenvalue weighted by Crippen LogP contribution is 2.29. The first-order chi connectivity index (χ1) is 10.2. The van der Waals surface area contributed by atoms with E-state index in [0.717, 1.165) is 24.9 Å². The zero-order chi connectivity index (χ0) is 15.2. The molecule has 116 valence electrons. The predicted molar refractivity (Wildman–Crippen MR) is 81.4 cm³/mol. The van der Waals surface area contributed by atoms with Gasteiger partial charge >= 0.3 is 0 Å². The van der Waals surface area contributed by atoms with Crippen LogP contribution in [0, 0.1) is 0 Å². The van der Waals surface area contributed by atoms with Crippen molar-refractivity contribution in [2.75, 3.05) is 19.8 Å². The number of carbonyl (C=O) groups is 1. The summed E-state index contributed by atoms with van der Waals surface area (Å²) in [5.41, 5.74) is 6.61. The Morgan fingerprint density at radius 1 is 1.29 bits per heavy atom. The molecular formula is C16H24N2O3. The lowest BCUT2D eigenvalue weighted by Gasteiger charge is -2.21. The fourth-order valence-electron chi connectivity index (χ4n) is 2.31. The van der Waals surface area contributed by atoms with Gasteiger partial charge in [0, 0.05) is 19.1 Å². The third kappa shape index (κ3) is 4.11. The summed E-state index contributed by atoms with van der Waals surface area (Å²) in [5, 5.41) is 0. The minimum Gasteiger partial charge on any atom is -0.490 e. The van der Waals surface area contributed by atoms with E-state index in [9.17, 15) is 4.79 Å². The minimum atomic E-state index is 0.0327. The second-order valence-corrected chi connectivity index (χ2v) is 5.12. The minimum absolute atomic E-state index is 0.0327. The van der Waals surface area contributed by atoms with Crippen LogP contribution in [0.3, 0.4) is 0 Å². The van der Waals surface area contributed by atoms with Crippen LogP contribution < -0.4 is 15.2 Å². The summed E-state index contributed by atoms with van der Waals surface area (Å²) in [7, 11) is 0. The number of nitrogens with zero attached hydrogens (tertiary/aromatic N) is 1. The van der Waals surface area contributed by atoms with Crippen LogP contribution in [-0.2, 0) is 11.3 Å². The molecule has 0 atom stereocenters. The maximum Gasteiger partial charge on any atom is 0.260 e. The van der Waals surface area contributed by atoms with Gasteiger partial charge in [0.15, 0.2) is 18.1 Å². The van der Waals surface area contributed by atoms with Crippen LogP contribution in [0.25, 0.3) is 0 Å². The topological polar surface area (TPSA) is 64.8 Å². The Hall–Kier alpha value is -1.75. The molecule has 2 rings (SSSR count). The van der Waals surface area contributed by atoms with Crippen LogP contribution in [0.4, 0.5) is 0 Å². The Balaban J connectivity index is 1.99. The van der Waals surface area contributed by atoms with Gasteiger partial charge in [-0.3, -0.25) is 4.79 Å². The number of amides is 1. The van der Waals surface area contributed by atoms with Crippen molar-refractivity contribution >= 4 is 5.91 Å². The van der Waals surface area contributed by atoms with Gasteiger partial charge in [0.25, 0.3) is 5.91 Å². The van der Waals surface area contributed by atoms with Gasteiger partial charge in [-0.2, -0.15) is 0 Å². The van der Waals surface area contributed by atoms with Crippen molar-refractivity contribution in [3.63, 3.8) is 0 Å². The molecule has 1 aromatic rings. The molecule has 0 aliphatic heterocycles. The maximum absolute atomic E-state index is 12.2. The number of nitrogens with two attached hydrogens (primary N) is 1. The average Bonchev–Trinajstić information content (AvgIpc) is 3.31. The predicted octanol–water partition coefficient (Wildman–Crippen LogP) is 1.93. The van der Waals surface area contributed by atoms with Crippen LogP contribution in [0.2, 0.25) is 0 Å². The molecule has 0 unspecified atom stereocenters. The van der Waals surface area contributed by atoms with Gasteiger partial charge in [-0.25, -0.2) is 0 Å². The van der Waals surface area contributed by atoms with Crippen LogP contribution in [0.15, 0.2) is 18.2 Å². The lowest BCUT2D eigenvalue weighted by Crippen LogP contribution is -2.36. The van der Waals surface area contributed by atoms with E-state index in [-0.39, 0.29) is 12.5 Å². The highest BCUT2D eigenvalue weighted by atomic mass is 16.5. The van der Waals surface area contributed by atoms with Crippen molar-refractivity contribution in [1.29, 1.82) is 0 Å². The molecule has 0 spiro atoms. The molecule has 0 heterocycles. The Morgan fingerprint density at radius 2 is 2.05 bits per heavy atom. The number of hydrogen-bond donors (Lipinski definition) is 1. The third-order valence-electron chi connectivity index (χ3n) is 3.54. The van der Waals surface area contributed by atoms with Gasteiger partial charge in [-0.15, -0.1) is 0 Å². The summed E-state index contributed by atoms with van der Waals surface area (Å²) >= 11 is 0. The first kappa shape index (κ1) is 15.6. The smallest absolute Gasteiger partial charge is 0.260 e. The molecule has 0 bridgehead atoms. The van der Waals surface area contributed by atoms with E-state index in [2.05, 4.69) is 0 Å². The highest BCUT2D eigenvalue weighted by molar-refractivity contribution is 5.78. The lowest BCUT2D eigenvalue weighted by atomic mass is 10.2. The fourth-order valence-corrected chi connectivity index (χ4v) is 2.31. The van der Waals surface area contributed by atoms with Crippen molar-refractivity contribution in [2.24, 2.45) is 5.73 Å². The number of likely N-dealkylation sites (N-methyl/N-ethyl adjacent to an activating group) is 1. The quantitative estimate of drug-likeness (QED) is 0.795. The van der Waals surface area contributed by atoms with Crippen LogP contribution in [0.1, 0.15) is 32.3 Å². The normalized spacial score (nSPS) is 13.9. The molecule has 2 N–H and O–H groups in total. The molecular weight excluding hydrogens is 268 g/mol. The monoisotopic (exact) mass is 292 g/mol. The number of rotatable bonds is 8. The summed E-state index contributed by atoms with van der Waals surface area (Å²) in [6.07, 6.45) is 2.21. The first-order valence-corrected chi connectivity index (χ1v) is 7.57. The van der Waals surface area contributed by atoms with E-state index >= 15 is 0 Å². The van der Waals surface area contributed by atoms with Crippen molar-refractivity contribution in [1.82, 2.24) is 4.90 Å². The zero-order valence-corrected chi connectivity index (χ0v) is 12.8. The molecule has 1 aliphatic rings. The van der Waals surface area contributed by atoms with E-state index in [4.69, 9.17) is 15.2 Å². The Kier molecular flexibility index (Phi) is 5.44. The van der Waals surface area contributed by atoms with Crippen molar-refractivity contribution in [3.05, 3.63) is 23.8 Å². The van der Waals surface area contributed by atoms with E-state index in [0.29, 0.717) is 30.7 Å². The van der Waals surface area contributed by atoms with Crippen molar-refractivity contribution < 1.29 is 14.3 Å². The Labute approximate surface area is 126 Å². The van der Waals surface area contributed by atoms with Gasteiger partial charge in [-0.05, 0) is 44.4 Å². The SMILES string of the molecule is CCOc1cc(CN)ccc1OCC(=O)N(CC)C1CC1. The molecule has 21 heavy (non-hydrogen) atoms. The Morgan fingerprint density at radius 3 is 2.62 bits per heavy atom. The largest absolute Gasteiger partial charge is 0.490 e. The van der Waals surface area contributed by atoms with Gasteiger partial charge < -0.3 is 20.1 Å². The number of benzene rings is 1. The molecule has 0 aromatic heterocycles. The van der Waals surface area contributed by atoms with Gasteiger partial charge in [0.05, 0.1) is 6.61 Å². The van der Waals surface area contributed by atoms with Crippen LogP contribution in [-0.4, -0.2) is 36.6 Å². The molecule has 1 amide bonds. The van der Waals surface area contributed by atoms with E-state index < -0.39 is 0 Å². The molecule has 0 radical (unpaired) electrons. The summed E-state index contributed by atoms with van der Waals surface area (Å²) in [5.74, 6) is 1.27. The molecule has 1 saturated carbocycles. The van der Waals surface area contributed by atoms with E-state index in [1.165, 1.54) is 0 Å². The summed E-state index contributed by atoms with van der Waals surface area (Å²) in [6.45, 7) is 5.68. The highest BCUT2D eigenvalue weighted by Gasteiger charge is 2.31. The van der Waals surface area contributed by atoms with Gasteiger partial charge in [0.1, 0.15) is 0 Å². The lowest BCUT2D eigenvalue weighted by molar-refractivity contribution is -0.133. The number of ether oxygens (including phenoxy) is 2. The number of carbonyl (C=O) groups excluding carboxylic acids is 1. The van der Waals surface area contributed by atoms with Crippen LogP contribution in [0.5, 0.6) is 11.5 Å². The summed E-state index contributed by atoms with van der Waals surface area (Å²) in [4.78, 5) is 14.0. The fraction of sp³-hybridized carbons (Fsp3) is 0.562. The molecule has 5 nitrogen and oxygen atoms in total. The van der Waals surface area contributed by atoms with Crippen molar-refractivity contribution in [3.8, 4) is 11.5 Å². The molecule has 0 saturated heterocycles. The summed E-state index contributed by atoms with van der Waals surface area (Å²) < 4.78 is 11.2. The maximum atomic E-state index is 12.2. The summed E-state index contributed by atoms with van der Waals surface area (Å²) in [6, 6.07) is 5.98. The standard InChI is InChI=1S/C16H24N2O3/c1-3-18(13-6-7-13)16(19)11-21-14-8-5-12(10-17)9-15(14)20-4-2/h5,8-9,13H,3-4,6-7,10-11,17H2,1-2H3. The third-order valence-corrected chi connectivity index (χ3v) is 3.54. The van der Waals surface area contributed by atoms with E-state index in [1.807, 2.05) is 36.9 Å².